The van der Waals surface area contributed by atoms with Crippen LogP contribution in [0.25, 0.3) is 0 Å². The Hall–Kier alpha value is -1.19. The third-order valence-electron chi connectivity index (χ3n) is 2.17. The third-order valence-corrected chi connectivity index (χ3v) is 2.17. The van der Waals surface area contributed by atoms with Crippen molar-refractivity contribution in [1.29, 1.82) is 0 Å². The molecule has 18 heteroatoms. The average molecular weight is 531 g/mol. The van der Waals surface area contributed by atoms with Gasteiger partial charge in [-0.2, -0.15) is 0 Å². The monoisotopic (exact) mass is 528 g/mol. The molecular weight excluding hydrogens is 503 g/mol. The summed E-state index contributed by atoms with van der Waals surface area (Å²) in [5.74, 6) is -4.91. The second-order valence-corrected chi connectivity index (χ2v) is 4.00. The van der Waals surface area contributed by atoms with E-state index in [1.807, 2.05) is 0 Å². The van der Waals surface area contributed by atoms with Crippen LogP contribution in [0.5, 0.6) is 0 Å². The molecule has 0 fully saturated rings. The third kappa shape index (κ3) is 35.8. The molecule has 0 aromatic heterocycles. The fourth-order valence-electron chi connectivity index (χ4n) is 1.48. The van der Waals surface area contributed by atoms with Crippen LogP contribution in [0.1, 0.15) is 0 Å². The van der Waals surface area contributed by atoms with Crippen molar-refractivity contribution in [3.63, 3.8) is 0 Å². The number of aliphatic carboxylic acids is 4. The predicted octanol–water partition coefficient (Wildman–Crippen LogP) is -7.02. The van der Waals surface area contributed by atoms with Gasteiger partial charge in [0.05, 0.1) is 26.2 Å². The topological polar surface area (TPSA) is 345 Å². The van der Waals surface area contributed by atoms with Crippen LogP contribution in [0, 0.1) is 0 Å². The molecule has 0 unspecified atom stereocenters. The van der Waals surface area contributed by atoms with Crippen LogP contribution in [0.2, 0.25) is 0 Å². The maximum absolute atomic E-state index is 10.6. The van der Waals surface area contributed by atoms with Crippen molar-refractivity contribution in [3.8, 4) is 0 Å². The Balaban J connectivity index is -0.0000000645. The minimum atomic E-state index is -1.23. The van der Waals surface area contributed by atoms with Gasteiger partial charge in [0, 0.05) is 52.0 Å². The quantitative estimate of drug-likeness (QED) is 0.182. The van der Waals surface area contributed by atoms with Gasteiger partial charge in [-0.15, -0.1) is 0 Å². The number of carbonyl (C=O) groups is 4. The van der Waals surface area contributed by atoms with Gasteiger partial charge in [-0.1, -0.05) is 0 Å². The minimum Gasteiger partial charge on any atom is -0.480 e. The summed E-state index contributed by atoms with van der Waals surface area (Å²) in [4.78, 5) is 44.4. The van der Waals surface area contributed by atoms with Gasteiger partial charge in [0.1, 0.15) is 0 Å². The Morgan fingerprint density at radius 1 is 0.464 bits per heavy atom. The van der Waals surface area contributed by atoms with E-state index >= 15 is 0 Å². The molecule has 0 aliphatic heterocycles. The fraction of sp³-hybridized carbons (Fsp3) is 0.600. The van der Waals surface area contributed by atoms with E-state index in [0.717, 1.165) is 9.80 Å². The van der Waals surface area contributed by atoms with Gasteiger partial charge in [-0.3, -0.25) is 29.0 Å². The zero-order chi connectivity index (χ0) is 15.7. The van der Waals surface area contributed by atoms with E-state index in [1.165, 1.54) is 0 Å². The maximum Gasteiger partial charge on any atom is 0.317 e. The van der Waals surface area contributed by atoms with Crippen molar-refractivity contribution in [2.75, 3.05) is 39.3 Å². The first-order valence-corrected chi connectivity index (χ1v) is 5.52. The van der Waals surface area contributed by atoms with Crippen LogP contribution in [-0.4, -0.2) is 126 Å². The van der Waals surface area contributed by atoms with E-state index < -0.39 is 50.1 Å². The average Bonchev–Trinajstić information content (AvgIpc) is 2.22. The number of nitrogens with zero attached hydrogens (tertiary/aromatic N) is 2. The Morgan fingerprint density at radius 2 is 0.607 bits per heavy atom. The predicted molar refractivity (Wildman–Crippen MR) is 85.1 cm³/mol. The second-order valence-electron chi connectivity index (χ2n) is 4.00. The normalized spacial score (nSPS) is 7.64. The van der Waals surface area contributed by atoms with E-state index in [1.54, 1.807) is 0 Å². The van der Waals surface area contributed by atoms with E-state index in [0.29, 0.717) is 0 Å². The van der Waals surface area contributed by atoms with E-state index in [-0.39, 0.29) is 84.9 Å². The number of hydrogen-bond acceptors (Lipinski definition) is 6. The molecule has 0 saturated carbocycles. The largest absolute Gasteiger partial charge is 0.480 e. The van der Waals surface area contributed by atoms with E-state index in [2.05, 4.69) is 0 Å². The summed E-state index contributed by atoms with van der Waals surface area (Å²) in [6.45, 7) is -2.25. The molecule has 0 aromatic carbocycles. The molecule has 0 aliphatic carbocycles. The molecule has 0 heterocycles. The molecule has 28 heavy (non-hydrogen) atoms. The summed E-state index contributed by atoms with van der Waals surface area (Å²) in [7, 11) is 0. The molecule has 166 valence electrons. The van der Waals surface area contributed by atoms with Gasteiger partial charge in [0.25, 0.3) is 0 Å². The van der Waals surface area contributed by atoms with Crippen molar-refractivity contribution >= 4 is 23.9 Å². The van der Waals surface area contributed by atoms with E-state index in [9.17, 15) is 19.2 Å². The van der Waals surface area contributed by atoms with Crippen LogP contribution in [0.3, 0.4) is 0 Å². The molecule has 16 nitrogen and oxygen atoms in total. The zero-order valence-corrected chi connectivity index (χ0v) is 20.9. The van der Waals surface area contributed by atoms with E-state index in [4.69, 9.17) is 20.4 Å². The Bertz CT molecular complexity index is 332. The summed E-state index contributed by atoms with van der Waals surface area (Å²) >= 11 is 0. The van der Waals surface area contributed by atoms with Crippen molar-refractivity contribution in [2.45, 2.75) is 0 Å². The second kappa shape index (κ2) is 30.5. The van der Waals surface area contributed by atoms with Crippen molar-refractivity contribution in [2.24, 2.45) is 0 Å². The number of rotatable bonds is 11. The molecule has 0 atom stereocenters. The van der Waals surface area contributed by atoms with Crippen LogP contribution >= 0.6 is 0 Å². The molecule has 0 aliphatic rings. The van der Waals surface area contributed by atoms with Crippen molar-refractivity contribution < 1.29 is 111 Å². The van der Waals surface area contributed by atoms with Crippen LogP contribution in [0.4, 0.5) is 0 Å². The summed E-state index contributed by atoms with van der Waals surface area (Å²) in [5, 5.41) is 34.5. The summed E-state index contributed by atoms with van der Waals surface area (Å²) in [6.07, 6.45) is 0. The van der Waals surface area contributed by atoms with Crippen molar-refractivity contribution in [3.05, 3.63) is 0 Å². The standard InChI is InChI=1S/C10H16N2O8.6H2O.2Zn/c13-7(14)3-11(4-8(15)16)1-2-12(5-9(17)18)6-10(19)20;;;;;;;;/h1-6H2,(H,13,14)(H,15,16)(H,17,18)(H,19,20);6*1H2;;. The smallest absolute Gasteiger partial charge is 0.317 e. The SMILES string of the molecule is O.O.O.O.O.O.O=C(O)CN(CCN(CC(=O)O)CC(=O)O)CC(=O)O.[Zn].[Zn]. The molecular formula is C10H28N2O14Zn2. The maximum atomic E-state index is 10.6. The van der Waals surface area contributed by atoms with Gasteiger partial charge in [0.15, 0.2) is 0 Å². The Morgan fingerprint density at radius 3 is 0.714 bits per heavy atom. The Labute approximate surface area is 184 Å². The molecule has 0 amide bonds. The summed E-state index contributed by atoms with van der Waals surface area (Å²) in [5.41, 5.74) is 0. The van der Waals surface area contributed by atoms with Gasteiger partial charge < -0.3 is 53.3 Å². The van der Waals surface area contributed by atoms with Crippen LogP contribution in [0.15, 0.2) is 0 Å². The molecule has 0 aromatic rings. The molecule has 16 N–H and O–H groups in total. The van der Waals surface area contributed by atoms with Crippen LogP contribution in [-0.2, 0) is 58.1 Å². The number of carboxylic acids is 4. The van der Waals surface area contributed by atoms with Gasteiger partial charge in [-0.25, -0.2) is 0 Å². The fourth-order valence-corrected chi connectivity index (χ4v) is 1.48. The molecule has 0 rings (SSSR count). The first-order valence-electron chi connectivity index (χ1n) is 5.52. The van der Waals surface area contributed by atoms with Gasteiger partial charge in [0.2, 0.25) is 0 Å². The molecule has 0 bridgehead atoms. The molecule has 0 spiro atoms. The molecule has 0 saturated heterocycles. The minimum absolute atomic E-state index is 0. The number of carboxylic acid groups (broad SMARTS) is 4. The Kier molecular flexibility index (Phi) is 61.4. The van der Waals surface area contributed by atoms with Crippen LogP contribution < -0.4 is 0 Å². The summed E-state index contributed by atoms with van der Waals surface area (Å²) in [6, 6.07) is 0. The first kappa shape index (κ1) is 56.3. The van der Waals surface area contributed by atoms with Gasteiger partial charge in [-0.05, 0) is 0 Å². The summed E-state index contributed by atoms with van der Waals surface area (Å²) < 4.78 is 0. The first-order chi connectivity index (χ1) is 9.20. The van der Waals surface area contributed by atoms with Gasteiger partial charge >= 0.3 is 23.9 Å². The van der Waals surface area contributed by atoms with Crippen molar-refractivity contribution in [1.82, 2.24) is 9.80 Å². The molecule has 0 radical (unpaired) electrons. The zero-order valence-electron chi connectivity index (χ0n) is 15.0. The number of hydrogen-bond donors (Lipinski definition) is 4.